The Hall–Kier alpha value is -3.29. The molecule has 8 heteroatoms. The molecule has 176 valence electrons. The van der Waals surface area contributed by atoms with Crippen molar-refractivity contribution in [3.63, 3.8) is 0 Å². The van der Waals surface area contributed by atoms with Crippen molar-refractivity contribution < 1.29 is 23.8 Å². The largest absolute Gasteiger partial charge is 0.469 e. The molecule has 1 amide bonds. The van der Waals surface area contributed by atoms with Crippen molar-refractivity contribution >= 4 is 17.7 Å². The molecule has 3 heterocycles. The Labute approximate surface area is 194 Å². The molecule has 8 nitrogen and oxygen atoms in total. The van der Waals surface area contributed by atoms with Gasteiger partial charge in [0, 0.05) is 32.3 Å². The number of carbonyl (C=O) groups excluding carboxylic acids is 2. The van der Waals surface area contributed by atoms with E-state index in [4.69, 9.17) is 14.2 Å². The van der Waals surface area contributed by atoms with Gasteiger partial charge in [-0.1, -0.05) is 12.1 Å². The van der Waals surface area contributed by atoms with Gasteiger partial charge in [0.1, 0.15) is 5.82 Å². The lowest BCUT2D eigenvalue weighted by atomic mass is 9.78. The van der Waals surface area contributed by atoms with Gasteiger partial charge >= 0.3 is 5.97 Å². The average molecular weight is 454 g/mol. The van der Waals surface area contributed by atoms with Gasteiger partial charge in [0.05, 0.1) is 13.5 Å². The monoisotopic (exact) mass is 453 g/mol. The number of fused-ring (bicyclic) bond motifs is 1. The van der Waals surface area contributed by atoms with E-state index in [9.17, 15) is 9.59 Å². The summed E-state index contributed by atoms with van der Waals surface area (Å²) >= 11 is 0. The maximum Gasteiger partial charge on any atom is 0.306 e. The lowest BCUT2D eigenvalue weighted by Crippen LogP contribution is -2.40. The number of nitrogens with zero attached hydrogens (tertiary/aromatic N) is 2. The van der Waals surface area contributed by atoms with Gasteiger partial charge in [-0.15, -0.1) is 0 Å². The molecule has 1 saturated heterocycles. The van der Waals surface area contributed by atoms with Gasteiger partial charge in [-0.3, -0.25) is 9.59 Å². The predicted molar refractivity (Wildman–Crippen MR) is 123 cm³/mol. The standard InChI is InChI=1S/C25H31N3O5/c1-31-25(30)16-20(19-7-8-21-22(15-19)33-17-32-21)18-9-13-28(14-10-18)24(29)6-4-12-27-23-5-2-3-11-26-23/h2-3,5,7-8,11,15,18,20H,4,6,9-10,12-14,16-17H2,1H3,(H,26,27). The van der Waals surface area contributed by atoms with E-state index < -0.39 is 0 Å². The lowest BCUT2D eigenvalue weighted by molar-refractivity contribution is -0.142. The molecule has 2 aliphatic rings. The maximum atomic E-state index is 12.7. The lowest BCUT2D eigenvalue weighted by Gasteiger charge is -2.36. The number of ether oxygens (including phenoxy) is 3. The summed E-state index contributed by atoms with van der Waals surface area (Å²) in [6.45, 7) is 2.35. The first-order valence-electron chi connectivity index (χ1n) is 11.5. The first-order valence-corrected chi connectivity index (χ1v) is 11.5. The molecule has 2 aliphatic heterocycles. The van der Waals surface area contributed by atoms with Crippen LogP contribution >= 0.6 is 0 Å². The fourth-order valence-electron chi connectivity index (χ4n) is 4.60. The summed E-state index contributed by atoms with van der Waals surface area (Å²) in [5.41, 5.74) is 1.05. The molecule has 1 atom stereocenters. The smallest absolute Gasteiger partial charge is 0.306 e. The average Bonchev–Trinajstić information content (AvgIpc) is 3.33. The molecule has 4 rings (SSSR count). The van der Waals surface area contributed by atoms with E-state index in [1.165, 1.54) is 7.11 Å². The molecule has 1 aromatic heterocycles. The van der Waals surface area contributed by atoms with Crippen LogP contribution in [0.3, 0.4) is 0 Å². The van der Waals surface area contributed by atoms with Gasteiger partial charge in [-0.2, -0.15) is 0 Å². The first kappa shape index (κ1) is 22.9. The Kier molecular flexibility index (Phi) is 7.65. The van der Waals surface area contributed by atoms with Crippen LogP contribution in [0.1, 0.15) is 43.6 Å². The van der Waals surface area contributed by atoms with Crippen molar-refractivity contribution in [2.24, 2.45) is 5.92 Å². The highest BCUT2D eigenvalue weighted by molar-refractivity contribution is 5.76. The van der Waals surface area contributed by atoms with Gasteiger partial charge in [-0.05, 0) is 60.9 Å². The van der Waals surface area contributed by atoms with E-state index in [0.29, 0.717) is 44.1 Å². The van der Waals surface area contributed by atoms with Crippen LogP contribution in [0.25, 0.3) is 0 Å². The number of likely N-dealkylation sites (tertiary alicyclic amines) is 1. The predicted octanol–water partition coefficient (Wildman–Crippen LogP) is 3.59. The zero-order valence-corrected chi connectivity index (χ0v) is 19.0. The van der Waals surface area contributed by atoms with E-state index in [-0.39, 0.29) is 24.6 Å². The van der Waals surface area contributed by atoms with E-state index in [1.807, 2.05) is 41.3 Å². The Balaban J connectivity index is 1.29. The van der Waals surface area contributed by atoms with Crippen molar-refractivity contribution in [2.45, 2.75) is 38.0 Å². The molecular formula is C25H31N3O5. The van der Waals surface area contributed by atoms with Crippen LogP contribution in [0, 0.1) is 5.92 Å². The zero-order chi connectivity index (χ0) is 23.0. The Bertz CT molecular complexity index is 944. The second kappa shape index (κ2) is 11.0. The number of pyridine rings is 1. The van der Waals surface area contributed by atoms with Crippen molar-refractivity contribution in [2.75, 3.05) is 38.9 Å². The van der Waals surface area contributed by atoms with Gasteiger partial charge in [0.2, 0.25) is 12.7 Å². The minimum atomic E-state index is -0.225. The van der Waals surface area contributed by atoms with Crippen molar-refractivity contribution in [3.8, 4) is 11.5 Å². The third kappa shape index (κ3) is 5.94. The summed E-state index contributed by atoms with van der Waals surface area (Å²) in [6, 6.07) is 11.6. The molecule has 1 aromatic carbocycles. The number of hydrogen-bond acceptors (Lipinski definition) is 7. The van der Waals surface area contributed by atoms with E-state index >= 15 is 0 Å². The molecule has 1 N–H and O–H groups in total. The fourth-order valence-corrected chi connectivity index (χ4v) is 4.60. The van der Waals surface area contributed by atoms with Crippen molar-refractivity contribution in [3.05, 3.63) is 48.2 Å². The summed E-state index contributed by atoms with van der Waals surface area (Å²) in [5.74, 6) is 2.54. The van der Waals surface area contributed by atoms with E-state index in [0.717, 1.165) is 36.4 Å². The minimum absolute atomic E-state index is 0.0202. The number of anilines is 1. The molecular weight excluding hydrogens is 422 g/mol. The molecule has 0 spiro atoms. The molecule has 0 bridgehead atoms. The molecule has 2 aromatic rings. The Morgan fingerprint density at radius 1 is 1.18 bits per heavy atom. The molecule has 0 saturated carbocycles. The number of carbonyl (C=O) groups is 2. The third-order valence-electron chi connectivity index (χ3n) is 6.44. The molecule has 1 unspecified atom stereocenters. The summed E-state index contributed by atoms with van der Waals surface area (Å²) in [5, 5.41) is 3.24. The topological polar surface area (TPSA) is 90.0 Å². The van der Waals surface area contributed by atoms with Crippen LogP contribution in [-0.2, 0) is 14.3 Å². The quantitative estimate of drug-likeness (QED) is 0.458. The van der Waals surface area contributed by atoms with E-state index in [2.05, 4.69) is 10.3 Å². The minimum Gasteiger partial charge on any atom is -0.469 e. The van der Waals surface area contributed by atoms with Gasteiger partial charge < -0.3 is 24.4 Å². The van der Waals surface area contributed by atoms with Crippen molar-refractivity contribution in [1.29, 1.82) is 0 Å². The van der Waals surface area contributed by atoms with Crippen LogP contribution in [0.5, 0.6) is 11.5 Å². The van der Waals surface area contributed by atoms with Crippen molar-refractivity contribution in [1.82, 2.24) is 9.88 Å². The highest BCUT2D eigenvalue weighted by Crippen LogP contribution is 2.40. The highest BCUT2D eigenvalue weighted by atomic mass is 16.7. The summed E-state index contributed by atoms with van der Waals surface area (Å²) in [4.78, 5) is 31.0. The number of benzene rings is 1. The van der Waals surface area contributed by atoms with Gasteiger partial charge in [0.15, 0.2) is 11.5 Å². The number of hydrogen-bond donors (Lipinski definition) is 1. The summed E-state index contributed by atoms with van der Waals surface area (Å²) in [7, 11) is 1.42. The second-order valence-corrected chi connectivity index (χ2v) is 8.46. The normalized spacial score (nSPS) is 16.3. The number of methoxy groups -OCH3 is 1. The number of esters is 1. The highest BCUT2D eigenvalue weighted by Gasteiger charge is 2.32. The zero-order valence-electron chi connectivity index (χ0n) is 19.0. The summed E-state index contributed by atoms with van der Waals surface area (Å²) in [6.07, 6.45) is 5.04. The molecule has 1 fully saturated rings. The van der Waals surface area contributed by atoms with Gasteiger partial charge in [-0.25, -0.2) is 4.98 Å². The van der Waals surface area contributed by atoms with Crippen LogP contribution in [0.15, 0.2) is 42.6 Å². The first-order chi connectivity index (χ1) is 16.1. The Morgan fingerprint density at radius 3 is 2.76 bits per heavy atom. The number of nitrogens with one attached hydrogen (secondary N) is 1. The van der Waals surface area contributed by atoms with Crippen LogP contribution in [0.4, 0.5) is 5.82 Å². The maximum absolute atomic E-state index is 12.7. The van der Waals surface area contributed by atoms with Crippen LogP contribution < -0.4 is 14.8 Å². The molecule has 0 radical (unpaired) electrons. The molecule has 0 aliphatic carbocycles. The number of amides is 1. The SMILES string of the molecule is COC(=O)CC(c1ccc2c(c1)OCO2)C1CCN(C(=O)CCCNc2ccccn2)CC1. The van der Waals surface area contributed by atoms with Gasteiger partial charge in [0.25, 0.3) is 0 Å². The van der Waals surface area contributed by atoms with E-state index in [1.54, 1.807) is 6.20 Å². The summed E-state index contributed by atoms with van der Waals surface area (Å²) < 4.78 is 15.9. The van der Waals surface area contributed by atoms with Crippen LogP contribution in [0.2, 0.25) is 0 Å². The third-order valence-corrected chi connectivity index (χ3v) is 6.44. The number of piperidine rings is 1. The fraction of sp³-hybridized carbons (Fsp3) is 0.480. The number of rotatable bonds is 9. The Morgan fingerprint density at radius 2 is 2.00 bits per heavy atom. The number of aromatic nitrogens is 1. The molecule has 33 heavy (non-hydrogen) atoms. The van der Waals surface area contributed by atoms with Crippen LogP contribution in [-0.4, -0.2) is 55.3 Å². The second-order valence-electron chi connectivity index (χ2n) is 8.46.